The number of rotatable bonds is 6. The second-order valence-electron chi connectivity index (χ2n) is 4.90. The molecule has 2 aromatic rings. The van der Waals surface area contributed by atoms with Gasteiger partial charge in [0, 0.05) is 12.0 Å². The number of fused-ring (bicyclic) bond motifs is 1. The number of aliphatic hydroxyl groups is 1. The quantitative estimate of drug-likeness (QED) is 0.626. The number of hydrogen-bond donors (Lipinski definition) is 2. The first kappa shape index (κ1) is 15.5. The number of nitrogens with one attached hydrogen (secondary N) is 1. The highest BCUT2D eigenvalue weighted by Gasteiger charge is 2.44. The molecule has 1 aromatic carbocycles. The molecule has 6 nitrogen and oxygen atoms in total. The summed E-state index contributed by atoms with van der Waals surface area (Å²) in [4.78, 5) is 12.4. The van der Waals surface area contributed by atoms with Gasteiger partial charge in [0.25, 0.3) is 0 Å². The average molecular weight is 292 g/mol. The van der Waals surface area contributed by atoms with Crippen LogP contribution in [-0.4, -0.2) is 40.8 Å². The highest BCUT2D eigenvalue weighted by molar-refractivity contribution is 5.86. The second kappa shape index (κ2) is 6.24. The molecule has 21 heavy (non-hydrogen) atoms. The van der Waals surface area contributed by atoms with E-state index in [0.29, 0.717) is 12.2 Å². The van der Waals surface area contributed by atoms with E-state index in [1.54, 1.807) is 39.1 Å². The standard InChI is InChI=1S/C15H20N2O4/c1-4-20-13(18)15(3,14(19)21-5-2)11-6-7-12-10(8-11)9-16-17-12/h6-9,13,18H,4-5H2,1-3H3,(H,16,17). The number of carbonyl (C=O) groups excluding carboxylic acids is 1. The Morgan fingerprint density at radius 2 is 2.19 bits per heavy atom. The van der Waals surface area contributed by atoms with Gasteiger partial charge >= 0.3 is 5.97 Å². The number of nitrogens with zero attached hydrogens (tertiary/aromatic N) is 1. The van der Waals surface area contributed by atoms with E-state index in [-0.39, 0.29) is 6.61 Å². The van der Waals surface area contributed by atoms with Crippen LogP contribution in [0.4, 0.5) is 0 Å². The van der Waals surface area contributed by atoms with Crippen molar-refractivity contribution in [3.8, 4) is 0 Å². The van der Waals surface area contributed by atoms with Crippen molar-refractivity contribution in [2.75, 3.05) is 13.2 Å². The van der Waals surface area contributed by atoms with Gasteiger partial charge in [0.1, 0.15) is 5.41 Å². The van der Waals surface area contributed by atoms with Crippen molar-refractivity contribution >= 4 is 16.9 Å². The lowest BCUT2D eigenvalue weighted by Crippen LogP contribution is -2.46. The van der Waals surface area contributed by atoms with Crippen LogP contribution in [0.3, 0.4) is 0 Å². The van der Waals surface area contributed by atoms with E-state index in [4.69, 9.17) is 9.47 Å². The van der Waals surface area contributed by atoms with Crippen molar-refractivity contribution in [2.45, 2.75) is 32.5 Å². The molecule has 0 bridgehead atoms. The Balaban J connectivity index is 2.48. The second-order valence-corrected chi connectivity index (χ2v) is 4.90. The molecule has 0 fully saturated rings. The van der Waals surface area contributed by atoms with Gasteiger partial charge in [0.2, 0.25) is 0 Å². The number of aromatic amines is 1. The number of aromatic nitrogens is 2. The fraction of sp³-hybridized carbons (Fsp3) is 0.467. The summed E-state index contributed by atoms with van der Waals surface area (Å²) in [5.74, 6) is -0.520. The molecule has 0 aliphatic heterocycles. The number of aliphatic hydroxyl groups excluding tert-OH is 1. The van der Waals surface area contributed by atoms with Crippen LogP contribution in [-0.2, 0) is 19.7 Å². The number of ether oxygens (including phenoxy) is 2. The summed E-state index contributed by atoms with van der Waals surface area (Å²) >= 11 is 0. The molecule has 1 heterocycles. The van der Waals surface area contributed by atoms with E-state index >= 15 is 0 Å². The predicted octanol–water partition coefficient (Wildman–Crippen LogP) is 1.74. The largest absolute Gasteiger partial charge is 0.465 e. The van der Waals surface area contributed by atoms with E-state index in [2.05, 4.69) is 10.2 Å². The van der Waals surface area contributed by atoms with Gasteiger partial charge in [-0.05, 0) is 38.5 Å². The zero-order valence-corrected chi connectivity index (χ0v) is 12.4. The number of H-pyrrole nitrogens is 1. The van der Waals surface area contributed by atoms with Gasteiger partial charge < -0.3 is 14.6 Å². The zero-order chi connectivity index (χ0) is 15.5. The average Bonchev–Trinajstić information content (AvgIpc) is 2.94. The monoisotopic (exact) mass is 292 g/mol. The molecular weight excluding hydrogens is 272 g/mol. The van der Waals surface area contributed by atoms with Crippen molar-refractivity contribution in [1.29, 1.82) is 0 Å². The number of esters is 1. The Bertz CT molecular complexity index is 625. The molecule has 0 spiro atoms. The van der Waals surface area contributed by atoms with Gasteiger partial charge in [0.15, 0.2) is 6.29 Å². The topological polar surface area (TPSA) is 84.4 Å². The molecule has 0 amide bonds. The maximum Gasteiger partial charge on any atom is 0.321 e. The molecule has 114 valence electrons. The Morgan fingerprint density at radius 1 is 1.43 bits per heavy atom. The van der Waals surface area contributed by atoms with Crippen molar-refractivity contribution in [3.63, 3.8) is 0 Å². The highest BCUT2D eigenvalue weighted by atomic mass is 16.6. The number of benzene rings is 1. The van der Waals surface area contributed by atoms with Crippen LogP contribution in [0.2, 0.25) is 0 Å². The molecule has 1 aromatic heterocycles. The predicted molar refractivity (Wildman–Crippen MR) is 77.7 cm³/mol. The number of carbonyl (C=O) groups is 1. The van der Waals surface area contributed by atoms with E-state index in [1.807, 2.05) is 6.07 Å². The normalized spacial score (nSPS) is 15.6. The maximum absolute atomic E-state index is 12.4. The summed E-state index contributed by atoms with van der Waals surface area (Å²) < 4.78 is 10.4. The lowest BCUT2D eigenvalue weighted by Gasteiger charge is -2.32. The van der Waals surface area contributed by atoms with Crippen LogP contribution in [0.25, 0.3) is 10.9 Å². The molecule has 2 N–H and O–H groups in total. The minimum atomic E-state index is -1.29. The first-order valence-electron chi connectivity index (χ1n) is 6.94. The molecule has 2 atom stereocenters. The third-order valence-corrected chi connectivity index (χ3v) is 3.56. The summed E-state index contributed by atoms with van der Waals surface area (Å²) in [7, 11) is 0. The number of hydrogen-bond acceptors (Lipinski definition) is 5. The molecule has 0 saturated carbocycles. The molecule has 2 unspecified atom stereocenters. The van der Waals surface area contributed by atoms with E-state index in [0.717, 1.165) is 10.9 Å². The van der Waals surface area contributed by atoms with E-state index < -0.39 is 17.7 Å². The van der Waals surface area contributed by atoms with Crippen molar-refractivity contribution < 1.29 is 19.4 Å². The van der Waals surface area contributed by atoms with Crippen molar-refractivity contribution in [2.24, 2.45) is 0 Å². The molecule has 6 heteroatoms. The van der Waals surface area contributed by atoms with Gasteiger partial charge in [-0.15, -0.1) is 0 Å². The molecule has 0 aliphatic rings. The van der Waals surface area contributed by atoms with E-state index in [9.17, 15) is 9.90 Å². The fourth-order valence-corrected chi connectivity index (χ4v) is 2.23. The van der Waals surface area contributed by atoms with Crippen LogP contribution in [0.5, 0.6) is 0 Å². The molecule has 0 aliphatic carbocycles. The SMILES string of the molecule is CCOC(=O)C(C)(c1ccc2[nH]ncc2c1)C(O)OCC. The Hall–Kier alpha value is -1.92. The summed E-state index contributed by atoms with van der Waals surface area (Å²) in [6.45, 7) is 5.64. The van der Waals surface area contributed by atoms with Gasteiger partial charge in [-0.1, -0.05) is 6.07 Å². The molecular formula is C15H20N2O4. The van der Waals surface area contributed by atoms with E-state index in [1.165, 1.54) is 0 Å². The fourth-order valence-electron chi connectivity index (χ4n) is 2.23. The molecule has 0 saturated heterocycles. The Kier molecular flexibility index (Phi) is 4.59. The minimum Gasteiger partial charge on any atom is -0.465 e. The lowest BCUT2D eigenvalue weighted by molar-refractivity contribution is -0.179. The molecule has 2 rings (SSSR count). The maximum atomic E-state index is 12.4. The summed E-state index contributed by atoms with van der Waals surface area (Å²) in [5.41, 5.74) is 0.184. The van der Waals surface area contributed by atoms with Crippen LogP contribution in [0.1, 0.15) is 26.3 Å². The van der Waals surface area contributed by atoms with Crippen molar-refractivity contribution in [1.82, 2.24) is 10.2 Å². The Morgan fingerprint density at radius 3 is 2.86 bits per heavy atom. The summed E-state index contributed by atoms with van der Waals surface area (Å²) in [5, 5.41) is 17.9. The van der Waals surface area contributed by atoms with Crippen LogP contribution < -0.4 is 0 Å². The van der Waals surface area contributed by atoms with Gasteiger partial charge in [-0.3, -0.25) is 9.89 Å². The Labute approximate surface area is 123 Å². The zero-order valence-electron chi connectivity index (χ0n) is 12.4. The van der Waals surface area contributed by atoms with Crippen LogP contribution in [0.15, 0.2) is 24.4 Å². The van der Waals surface area contributed by atoms with Crippen LogP contribution >= 0.6 is 0 Å². The summed E-state index contributed by atoms with van der Waals surface area (Å²) in [6, 6.07) is 5.38. The first-order valence-corrected chi connectivity index (χ1v) is 6.94. The van der Waals surface area contributed by atoms with Crippen LogP contribution in [0, 0.1) is 0 Å². The van der Waals surface area contributed by atoms with Gasteiger partial charge in [0.05, 0.1) is 18.3 Å². The molecule has 0 radical (unpaired) electrons. The van der Waals surface area contributed by atoms with Crippen molar-refractivity contribution in [3.05, 3.63) is 30.0 Å². The van der Waals surface area contributed by atoms with Gasteiger partial charge in [-0.2, -0.15) is 5.10 Å². The minimum absolute atomic E-state index is 0.237. The lowest BCUT2D eigenvalue weighted by atomic mass is 9.81. The summed E-state index contributed by atoms with van der Waals surface area (Å²) in [6.07, 6.45) is 0.378. The highest BCUT2D eigenvalue weighted by Crippen LogP contribution is 2.32. The third-order valence-electron chi connectivity index (χ3n) is 3.56. The first-order chi connectivity index (χ1) is 10.0. The third kappa shape index (κ3) is 2.77. The smallest absolute Gasteiger partial charge is 0.321 e. The van der Waals surface area contributed by atoms with Gasteiger partial charge in [-0.25, -0.2) is 0 Å².